The van der Waals surface area contributed by atoms with Crippen LogP contribution in [0.3, 0.4) is 0 Å². The number of hydrogen-bond acceptors (Lipinski definition) is 6. The second-order valence-electron chi connectivity index (χ2n) is 5.80. The summed E-state index contributed by atoms with van der Waals surface area (Å²) >= 11 is 0. The van der Waals surface area contributed by atoms with Gasteiger partial charge in [0.25, 0.3) is 5.91 Å². The second kappa shape index (κ2) is 6.50. The number of piperazine rings is 1. The predicted molar refractivity (Wildman–Crippen MR) is 78.2 cm³/mol. The van der Waals surface area contributed by atoms with Crippen molar-refractivity contribution in [3.05, 3.63) is 11.9 Å². The molecular formula is C13H23N7O. The Kier molecular flexibility index (Phi) is 4.47. The van der Waals surface area contributed by atoms with Gasteiger partial charge >= 0.3 is 0 Å². The Morgan fingerprint density at radius 1 is 1.38 bits per heavy atom. The minimum Gasteiger partial charge on any atom is -0.349 e. The summed E-state index contributed by atoms with van der Waals surface area (Å²) in [6, 6.07) is 0.337. The Morgan fingerprint density at radius 3 is 2.81 bits per heavy atom. The fourth-order valence-corrected chi connectivity index (χ4v) is 2.51. The van der Waals surface area contributed by atoms with Crippen molar-refractivity contribution in [3.63, 3.8) is 0 Å². The van der Waals surface area contributed by atoms with Crippen LogP contribution in [0.5, 0.6) is 0 Å². The van der Waals surface area contributed by atoms with E-state index in [0.717, 1.165) is 45.8 Å². The number of rotatable bonds is 5. The molecule has 3 heterocycles. The number of carbonyl (C=O) groups is 1. The molecule has 1 aromatic rings. The molecule has 1 aromatic heterocycles. The van der Waals surface area contributed by atoms with Gasteiger partial charge in [-0.3, -0.25) is 9.69 Å². The number of aromatic nitrogens is 3. The molecule has 8 heteroatoms. The first kappa shape index (κ1) is 14.4. The molecule has 2 fully saturated rings. The van der Waals surface area contributed by atoms with Crippen molar-refractivity contribution in [2.24, 2.45) is 0 Å². The van der Waals surface area contributed by atoms with Crippen LogP contribution >= 0.6 is 0 Å². The minimum atomic E-state index is -0.136. The third kappa shape index (κ3) is 3.58. The van der Waals surface area contributed by atoms with Crippen LogP contribution in [-0.4, -0.2) is 90.1 Å². The molecule has 21 heavy (non-hydrogen) atoms. The summed E-state index contributed by atoms with van der Waals surface area (Å²) in [4.78, 5) is 16.7. The molecule has 2 aliphatic rings. The smallest absolute Gasteiger partial charge is 0.273 e. The van der Waals surface area contributed by atoms with Gasteiger partial charge in [0.2, 0.25) is 0 Å². The first-order valence-electron chi connectivity index (χ1n) is 7.54. The number of nitrogens with zero attached hydrogens (tertiary/aromatic N) is 5. The van der Waals surface area contributed by atoms with Crippen molar-refractivity contribution >= 4 is 5.91 Å². The molecule has 3 rings (SSSR count). The monoisotopic (exact) mass is 293 g/mol. The lowest BCUT2D eigenvalue weighted by atomic mass is 10.2. The summed E-state index contributed by atoms with van der Waals surface area (Å²) in [5.74, 6) is -0.136. The Labute approximate surface area is 124 Å². The first-order valence-corrected chi connectivity index (χ1v) is 7.54. The van der Waals surface area contributed by atoms with Gasteiger partial charge < -0.3 is 15.5 Å². The fraction of sp³-hybridized carbons (Fsp3) is 0.769. The molecule has 116 valence electrons. The van der Waals surface area contributed by atoms with E-state index in [0.29, 0.717) is 18.3 Å². The van der Waals surface area contributed by atoms with Crippen LogP contribution in [0, 0.1) is 0 Å². The second-order valence-corrected chi connectivity index (χ2v) is 5.80. The molecule has 0 unspecified atom stereocenters. The number of carbonyl (C=O) groups excluding carboxylic acids is 1. The maximum Gasteiger partial charge on any atom is 0.273 e. The number of likely N-dealkylation sites (N-methyl/N-ethyl adjacent to an activating group) is 1. The van der Waals surface area contributed by atoms with Gasteiger partial charge in [0, 0.05) is 52.4 Å². The van der Waals surface area contributed by atoms with Gasteiger partial charge in [-0.15, -0.1) is 5.10 Å². The quantitative estimate of drug-likeness (QED) is 0.681. The van der Waals surface area contributed by atoms with Gasteiger partial charge in [-0.2, -0.15) is 0 Å². The van der Waals surface area contributed by atoms with Gasteiger partial charge in [0.05, 0.1) is 12.2 Å². The summed E-state index contributed by atoms with van der Waals surface area (Å²) in [7, 11) is 2.14. The first-order chi connectivity index (χ1) is 10.2. The van der Waals surface area contributed by atoms with Crippen LogP contribution in [0.4, 0.5) is 0 Å². The zero-order chi connectivity index (χ0) is 14.7. The Bertz CT molecular complexity index is 477. The van der Waals surface area contributed by atoms with Gasteiger partial charge in [0.15, 0.2) is 5.69 Å². The lowest BCUT2D eigenvalue weighted by Gasteiger charge is -2.32. The number of hydrogen-bond donors (Lipinski definition) is 2. The van der Waals surface area contributed by atoms with Crippen LogP contribution in [0.1, 0.15) is 16.5 Å². The Hall–Kier alpha value is -1.51. The molecule has 0 bridgehead atoms. The summed E-state index contributed by atoms with van der Waals surface area (Å²) in [5.41, 5.74) is 0.403. The molecule has 0 atom stereocenters. The topological polar surface area (TPSA) is 78.3 Å². The molecule has 2 aliphatic heterocycles. The van der Waals surface area contributed by atoms with Gasteiger partial charge in [0.1, 0.15) is 0 Å². The van der Waals surface area contributed by atoms with E-state index < -0.39 is 0 Å². The van der Waals surface area contributed by atoms with Crippen molar-refractivity contribution in [3.8, 4) is 0 Å². The van der Waals surface area contributed by atoms with E-state index >= 15 is 0 Å². The molecular weight excluding hydrogens is 270 g/mol. The van der Waals surface area contributed by atoms with Crippen molar-refractivity contribution in [2.45, 2.75) is 6.04 Å². The number of nitrogens with one attached hydrogen (secondary N) is 2. The van der Waals surface area contributed by atoms with E-state index in [-0.39, 0.29) is 5.91 Å². The molecule has 0 saturated carbocycles. The van der Waals surface area contributed by atoms with Crippen molar-refractivity contribution in [1.29, 1.82) is 0 Å². The molecule has 0 aromatic carbocycles. The van der Waals surface area contributed by atoms with Crippen LogP contribution in [-0.2, 0) is 0 Å². The maximum atomic E-state index is 12.0. The Morgan fingerprint density at radius 2 is 2.14 bits per heavy atom. The van der Waals surface area contributed by atoms with E-state index in [1.54, 1.807) is 10.9 Å². The van der Waals surface area contributed by atoms with Crippen molar-refractivity contribution in [2.75, 3.05) is 59.4 Å². The summed E-state index contributed by atoms with van der Waals surface area (Å²) < 4.78 is 1.77. The lowest BCUT2D eigenvalue weighted by molar-refractivity contribution is 0.0936. The maximum absolute atomic E-state index is 12.0. The lowest BCUT2D eigenvalue weighted by Crippen LogP contribution is -2.46. The van der Waals surface area contributed by atoms with Crippen LogP contribution in [0.2, 0.25) is 0 Å². The molecule has 1 amide bonds. The molecule has 0 radical (unpaired) electrons. The minimum absolute atomic E-state index is 0.136. The average molecular weight is 293 g/mol. The van der Waals surface area contributed by atoms with E-state index in [1.807, 2.05) is 0 Å². The summed E-state index contributed by atoms with van der Waals surface area (Å²) in [5, 5.41) is 14.1. The standard InChI is InChI=1S/C13H23N7O/c1-18-4-6-19(7-5-18)3-2-15-13(21)12-10-20(17-16-12)11-8-14-9-11/h10-11,14H,2-9H2,1H3,(H,15,21). The number of amides is 1. The highest BCUT2D eigenvalue weighted by Gasteiger charge is 2.21. The van der Waals surface area contributed by atoms with E-state index in [4.69, 9.17) is 0 Å². The van der Waals surface area contributed by atoms with Crippen molar-refractivity contribution in [1.82, 2.24) is 35.4 Å². The Balaban J connectivity index is 1.40. The van der Waals surface area contributed by atoms with E-state index in [1.165, 1.54) is 0 Å². The highest BCUT2D eigenvalue weighted by Crippen LogP contribution is 2.09. The zero-order valence-corrected chi connectivity index (χ0v) is 12.5. The third-order valence-electron chi connectivity index (χ3n) is 4.19. The average Bonchev–Trinajstić information content (AvgIpc) is 2.88. The van der Waals surface area contributed by atoms with Crippen LogP contribution < -0.4 is 10.6 Å². The highest BCUT2D eigenvalue weighted by molar-refractivity contribution is 5.91. The fourth-order valence-electron chi connectivity index (χ4n) is 2.51. The van der Waals surface area contributed by atoms with Crippen LogP contribution in [0.25, 0.3) is 0 Å². The summed E-state index contributed by atoms with van der Waals surface area (Å²) in [6.07, 6.45) is 1.73. The van der Waals surface area contributed by atoms with E-state index in [2.05, 4.69) is 37.8 Å². The largest absolute Gasteiger partial charge is 0.349 e. The van der Waals surface area contributed by atoms with Gasteiger partial charge in [-0.1, -0.05) is 5.21 Å². The summed E-state index contributed by atoms with van der Waals surface area (Å²) in [6.45, 7) is 7.66. The van der Waals surface area contributed by atoms with Crippen LogP contribution in [0.15, 0.2) is 6.20 Å². The highest BCUT2D eigenvalue weighted by atomic mass is 16.2. The molecule has 2 N–H and O–H groups in total. The molecule has 8 nitrogen and oxygen atoms in total. The van der Waals surface area contributed by atoms with Gasteiger partial charge in [-0.25, -0.2) is 4.68 Å². The predicted octanol–water partition coefficient (Wildman–Crippen LogP) is -1.60. The van der Waals surface area contributed by atoms with E-state index in [9.17, 15) is 4.79 Å². The third-order valence-corrected chi connectivity index (χ3v) is 4.19. The zero-order valence-electron chi connectivity index (χ0n) is 12.5. The van der Waals surface area contributed by atoms with Gasteiger partial charge in [-0.05, 0) is 7.05 Å². The van der Waals surface area contributed by atoms with Crippen molar-refractivity contribution < 1.29 is 4.79 Å². The normalized spacial score (nSPS) is 21.2. The molecule has 0 aliphatic carbocycles. The molecule has 0 spiro atoms. The molecule has 2 saturated heterocycles. The SMILES string of the molecule is CN1CCN(CCNC(=O)c2cn(C3CNC3)nn2)CC1.